The molecule has 1 saturated heterocycles. The maximum absolute atomic E-state index is 8.85. The van der Waals surface area contributed by atoms with Crippen molar-refractivity contribution < 1.29 is 14.6 Å². The van der Waals surface area contributed by atoms with Gasteiger partial charge in [0.2, 0.25) is 6.79 Å². The first kappa shape index (κ1) is 12.6. The molecule has 2 aliphatic rings. The van der Waals surface area contributed by atoms with Gasteiger partial charge in [0, 0.05) is 51.1 Å². The van der Waals surface area contributed by atoms with Crippen molar-refractivity contribution in [3.8, 4) is 11.5 Å². The highest BCUT2D eigenvalue weighted by molar-refractivity contribution is 5.57. The third-order valence-corrected chi connectivity index (χ3v) is 3.73. The van der Waals surface area contributed by atoms with Crippen LogP contribution in [0.25, 0.3) is 0 Å². The van der Waals surface area contributed by atoms with Gasteiger partial charge in [0.1, 0.15) is 0 Å². The van der Waals surface area contributed by atoms with Crippen molar-refractivity contribution in [3.63, 3.8) is 0 Å². The van der Waals surface area contributed by atoms with E-state index in [-0.39, 0.29) is 6.61 Å². The van der Waals surface area contributed by atoms with Crippen LogP contribution in [0.3, 0.4) is 0 Å². The van der Waals surface area contributed by atoms with Crippen molar-refractivity contribution in [3.05, 3.63) is 18.2 Å². The molecule has 0 aromatic heterocycles. The number of rotatable bonds is 4. The van der Waals surface area contributed by atoms with Gasteiger partial charge in [-0.15, -0.1) is 0 Å². The maximum Gasteiger partial charge on any atom is 0.231 e. The van der Waals surface area contributed by atoms with Crippen molar-refractivity contribution in [1.82, 2.24) is 4.90 Å². The van der Waals surface area contributed by atoms with Gasteiger partial charge in [0.15, 0.2) is 11.5 Å². The smallest absolute Gasteiger partial charge is 0.231 e. The zero-order valence-corrected chi connectivity index (χ0v) is 11.0. The fraction of sp³-hybridized carbons (Fsp3) is 0.571. The van der Waals surface area contributed by atoms with E-state index < -0.39 is 0 Å². The Labute approximate surface area is 113 Å². The molecule has 0 radical (unpaired) electrons. The van der Waals surface area contributed by atoms with Gasteiger partial charge in [0.05, 0.1) is 0 Å². The predicted octanol–water partition coefficient (Wildman–Crippen LogP) is 0.920. The molecule has 5 nitrogen and oxygen atoms in total. The molecule has 1 N–H and O–H groups in total. The van der Waals surface area contributed by atoms with Crippen LogP contribution in [0.2, 0.25) is 0 Å². The molecular weight excluding hydrogens is 244 g/mol. The molecule has 1 aromatic carbocycles. The monoisotopic (exact) mass is 264 g/mol. The lowest BCUT2D eigenvalue weighted by atomic mass is 10.2. The van der Waals surface area contributed by atoms with E-state index in [4.69, 9.17) is 14.6 Å². The predicted molar refractivity (Wildman–Crippen MR) is 72.9 cm³/mol. The minimum absolute atomic E-state index is 0.280. The van der Waals surface area contributed by atoms with Gasteiger partial charge in [-0.05, 0) is 18.6 Å². The molecule has 2 aliphatic heterocycles. The van der Waals surface area contributed by atoms with Crippen LogP contribution in [-0.4, -0.2) is 56.1 Å². The van der Waals surface area contributed by atoms with Crippen LogP contribution in [0.4, 0.5) is 5.69 Å². The average molecular weight is 264 g/mol. The number of hydrogen-bond acceptors (Lipinski definition) is 5. The zero-order chi connectivity index (χ0) is 13.1. The zero-order valence-electron chi connectivity index (χ0n) is 11.0. The van der Waals surface area contributed by atoms with Crippen LogP contribution in [0, 0.1) is 0 Å². The quantitative estimate of drug-likeness (QED) is 0.876. The number of benzene rings is 1. The van der Waals surface area contributed by atoms with Crippen LogP contribution in [0.5, 0.6) is 11.5 Å². The van der Waals surface area contributed by atoms with E-state index in [1.54, 1.807) is 0 Å². The van der Waals surface area contributed by atoms with E-state index >= 15 is 0 Å². The van der Waals surface area contributed by atoms with E-state index in [0.29, 0.717) is 6.79 Å². The molecule has 0 aliphatic carbocycles. The summed E-state index contributed by atoms with van der Waals surface area (Å²) in [4.78, 5) is 4.77. The van der Waals surface area contributed by atoms with Crippen molar-refractivity contribution in [2.24, 2.45) is 0 Å². The Morgan fingerprint density at radius 3 is 2.63 bits per heavy atom. The molecule has 0 spiro atoms. The topological polar surface area (TPSA) is 45.2 Å². The second-order valence-electron chi connectivity index (χ2n) is 4.94. The number of aliphatic hydroxyl groups is 1. The SMILES string of the molecule is OCCCN1CCN(c2ccc3c(c2)OCO3)CC1. The van der Waals surface area contributed by atoms with E-state index in [0.717, 1.165) is 50.6 Å². The van der Waals surface area contributed by atoms with Gasteiger partial charge in [0.25, 0.3) is 0 Å². The van der Waals surface area contributed by atoms with Crippen molar-refractivity contribution >= 4 is 5.69 Å². The van der Waals surface area contributed by atoms with Gasteiger partial charge in [-0.2, -0.15) is 0 Å². The number of piperazine rings is 1. The standard InChI is InChI=1S/C14H20N2O3/c17-9-1-4-15-5-7-16(8-6-15)12-2-3-13-14(10-12)19-11-18-13/h2-3,10,17H,1,4-9,11H2. The minimum atomic E-state index is 0.280. The van der Waals surface area contributed by atoms with Gasteiger partial charge in [-0.25, -0.2) is 0 Å². The lowest BCUT2D eigenvalue weighted by Crippen LogP contribution is -2.46. The van der Waals surface area contributed by atoms with E-state index in [9.17, 15) is 0 Å². The Bertz CT molecular complexity index is 431. The molecule has 0 atom stereocenters. The largest absolute Gasteiger partial charge is 0.454 e. The van der Waals surface area contributed by atoms with Crippen molar-refractivity contribution in [2.45, 2.75) is 6.42 Å². The summed E-state index contributed by atoms with van der Waals surface area (Å²) < 4.78 is 10.7. The summed E-state index contributed by atoms with van der Waals surface area (Å²) >= 11 is 0. The third-order valence-electron chi connectivity index (χ3n) is 3.73. The van der Waals surface area contributed by atoms with Crippen LogP contribution in [0.1, 0.15) is 6.42 Å². The Morgan fingerprint density at radius 2 is 1.84 bits per heavy atom. The fourth-order valence-corrected chi connectivity index (χ4v) is 2.61. The van der Waals surface area contributed by atoms with Gasteiger partial charge in [-0.1, -0.05) is 0 Å². The first-order chi connectivity index (χ1) is 9.36. The summed E-state index contributed by atoms with van der Waals surface area (Å²) in [6.45, 7) is 5.74. The molecule has 0 saturated carbocycles. The Balaban J connectivity index is 1.59. The summed E-state index contributed by atoms with van der Waals surface area (Å²) in [6.07, 6.45) is 0.865. The highest BCUT2D eigenvalue weighted by Gasteiger charge is 2.19. The van der Waals surface area contributed by atoms with Gasteiger partial charge < -0.3 is 19.5 Å². The lowest BCUT2D eigenvalue weighted by Gasteiger charge is -2.36. The number of aliphatic hydroxyl groups excluding tert-OH is 1. The van der Waals surface area contributed by atoms with Crippen LogP contribution in [-0.2, 0) is 0 Å². The fourth-order valence-electron chi connectivity index (χ4n) is 2.61. The summed E-state index contributed by atoms with van der Waals surface area (Å²) in [5.41, 5.74) is 1.20. The van der Waals surface area contributed by atoms with Crippen molar-refractivity contribution in [1.29, 1.82) is 0 Å². The van der Waals surface area contributed by atoms with Crippen LogP contribution in [0.15, 0.2) is 18.2 Å². The molecule has 1 fully saturated rings. The van der Waals surface area contributed by atoms with Crippen LogP contribution >= 0.6 is 0 Å². The first-order valence-corrected chi connectivity index (χ1v) is 6.84. The van der Waals surface area contributed by atoms with E-state index in [1.165, 1.54) is 5.69 Å². The summed E-state index contributed by atoms with van der Waals surface area (Å²) in [5, 5.41) is 8.85. The molecule has 19 heavy (non-hydrogen) atoms. The number of fused-ring (bicyclic) bond motifs is 1. The third kappa shape index (κ3) is 2.77. The molecule has 1 aromatic rings. The number of anilines is 1. The van der Waals surface area contributed by atoms with Crippen molar-refractivity contribution in [2.75, 3.05) is 51.0 Å². The van der Waals surface area contributed by atoms with Gasteiger partial charge in [-0.3, -0.25) is 4.90 Å². The Hall–Kier alpha value is -1.46. The second-order valence-corrected chi connectivity index (χ2v) is 4.94. The Morgan fingerprint density at radius 1 is 1.05 bits per heavy atom. The molecule has 3 rings (SSSR count). The van der Waals surface area contributed by atoms with Crippen LogP contribution < -0.4 is 14.4 Å². The van der Waals surface area contributed by atoms with Gasteiger partial charge >= 0.3 is 0 Å². The normalized spacial score (nSPS) is 18.9. The van der Waals surface area contributed by atoms with E-state index in [2.05, 4.69) is 21.9 Å². The second kappa shape index (κ2) is 5.67. The van der Waals surface area contributed by atoms with E-state index in [1.807, 2.05) is 6.07 Å². The average Bonchev–Trinajstić information content (AvgIpc) is 2.93. The maximum atomic E-state index is 8.85. The summed E-state index contributed by atoms with van der Waals surface area (Å²) in [7, 11) is 0. The molecule has 0 bridgehead atoms. The molecular formula is C14H20N2O3. The molecule has 2 heterocycles. The highest BCUT2D eigenvalue weighted by Crippen LogP contribution is 2.35. The molecule has 5 heteroatoms. The lowest BCUT2D eigenvalue weighted by molar-refractivity contribution is 0.174. The highest BCUT2D eigenvalue weighted by atomic mass is 16.7. The first-order valence-electron chi connectivity index (χ1n) is 6.84. The molecule has 0 amide bonds. The minimum Gasteiger partial charge on any atom is -0.454 e. The molecule has 0 unspecified atom stereocenters. The molecule has 104 valence electrons. The summed E-state index contributed by atoms with van der Waals surface area (Å²) in [6, 6.07) is 6.14. The summed E-state index contributed by atoms with van der Waals surface area (Å²) in [5.74, 6) is 1.69. The Kier molecular flexibility index (Phi) is 3.75. The number of nitrogens with zero attached hydrogens (tertiary/aromatic N) is 2. The number of hydrogen-bond donors (Lipinski definition) is 1. The number of ether oxygens (including phenoxy) is 2.